The molecule has 28 heavy (non-hydrogen) atoms. The quantitative estimate of drug-likeness (QED) is 0.665. The summed E-state index contributed by atoms with van der Waals surface area (Å²) in [6.45, 7) is 2.07. The fourth-order valence-electron chi connectivity index (χ4n) is 2.50. The molecule has 1 aromatic heterocycles. The summed E-state index contributed by atoms with van der Waals surface area (Å²) in [4.78, 5) is 12.5. The Hall–Kier alpha value is -3.11. The summed E-state index contributed by atoms with van der Waals surface area (Å²) in [6.07, 6.45) is 0. The van der Waals surface area contributed by atoms with E-state index in [1.807, 2.05) is 0 Å². The van der Waals surface area contributed by atoms with Crippen LogP contribution in [0.4, 0.5) is 0 Å². The topological polar surface area (TPSA) is 110 Å². The zero-order valence-electron chi connectivity index (χ0n) is 15.7. The summed E-state index contributed by atoms with van der Waals surface area (Å²) in [5.41, 5.74) is 2.06. The van der Waals surface area contributed by atoms with E-state index in [1.165, 1.54) is 26.2 Å². The van der Waals surface area contributed by atoms with Crippen LogP contribution in [0.1, 0.15) is 21.7 Å². The van der Waals surface area contributed by atoms with Crippen LogP contribution in [-0.4, -0.2) is 52.9 Å². The molecule has 146 valence electrons. The van der Waals surface area contributed by atoms with Gasteiger partial charge in [0.05, 0.1) is 10.6 Å². The van der Waals surface area contributed by atoms with Crippen LogP contribution < -0.4 is 5.32 Å². The number of hydrogen-bond acceptors (Lipinski definition) is 6. The first-order valence-electron chi connectivity index (χ1n) is 8.44. The molecule has 0 aliphatic carbocycles. The van der Waals surface area contributed by atoms with Crippen molar-refractivity contribution in [2.24, 2.45) is 0 Å². The van der Waals surface area contributed by atoms with E-state index in [0.29, 0.717) is 11.4 Å². The Morgan fingerprint density at radius 3 is 2.25 bits per heavy atom. The molecule has 0 radical (unpaired) electrons. The van der Waals surface area contributed by atoms with E-state index in [2.05, 4.69) is 20.8 Å². The first kappa shape index (κ1) is 19.6. The molecule has 0 saturated carbocycles. The highest BCUT2D eigenvalue weighted by Crippen LogP contribution is 2.14. The molecule has 0 saturated heterocycles. The Morgan fingerprint density at radius 2 is 1.71 bits per heavy atom. The molecule has 0 fully saturated rings. The number of nitrogens with zero attached hydrogens (tertiary/aromatic N) is 5. The summed E-state index contributed by atoms with van der Waals surface area (Å²) in [7, 11) is -0.501. The Morgan fingerprint density at radius 1 is 1.07 bits per heavy atom. The maximum atomic E-state index is 12.3. The molecule has 10 heteroatoms. The van der Waals surface area contributed by atoms with Gasteiger partial charge in [-0.1, -0.05) is 12.1 Å². The number of aryl methyl sites for hydroxylation is 1. The first-order chi connectivity index (χ1) is 13.3. The number of carbonyl (C=O) groups excluding carboxylic acids is 1. The number of carbonyl (C=O) groups is 1. The fraction of sp³-hybridized carbons (Fsp3) is 0.222. The van der Waals surface area contributed by atoms with Gasteiger partial charge in [-0.05, 0) is 59.3 Å². The Bertz CT molecular complexity index is 1070. The summed E-state index contributed by atoms with van der Waals surface area (Å²) in [5, 5.41) is 14.1. The van der Waals surface area contributed by atoms with Crippen LogP contribution >= 0.6 is 0 Å². The molecule has 1 heterocycles. The summed E-state index contributed by atoms with van der Waals surface area (Å²) in [6, 6.07) is 13.3. The molecular weight excluding hydrogens is 380 g/mol. The summed E-state index contributed by atoms with van der Waals surface area (Å²) < 4.78 is 26.9. The minimum Gasteiger partial charge on any atom is -0.348 e. The molecule has 2 aromatic carbocycles. The van der Waals surface area contributed by atoms with E-state index in [-0.39, 0.29) is 17.3 Å². The van der Waals surface area contributed by atoms with Gasteiger partial charge < -0.3 is 5.32 Å². The Labute approximate surface area is 163 Å². The van der Waals surface area contributed by atoms with Gasteiger partial charge in [-0.2, -0.15) is 4.68 Å². The average Bonchev–Trinajstić information content (AvgIpc) is 3.12. The number of amides is 1. The SMILES string of the molecule is Cc1nnnn1-c1ccc(C(=O)NCc2ccc(S(=O)(=O)N(C)C)cc2)cc1. The summed E-state index contributed by atoms with van der Waals surface area (Å²) >= 11 is 0. The van der Waals surface area contributed by atoms with Crippen LogP contribution in [0.3, 0.4) is 0 Å². The third kappa shape index (κ3) is 4.07. The van der Waals surface area contributed by atoms with Gasteiger partial charge in [-0.15, -0.1) is 5.10 Å². The zero-order chi connectivity index (χ0) is 20.3. The molecular formula is C18H20N6O3S. The number of hydrogen-bond donors (Lipinski definition) is 1. The zero-order valence-corrected chi connectivity index (χ0v) is 16.5. The molecule has 0 atom stereocenters. The van der Waals surface area contributed by atoms with Crippen LogP contribution in [-0.2, 0) is 16.6 Å². The maximum absolute atomic E-state index is 12.3. The monoisotopic (exact) mass is 400 g/mol. The Balaban J connectivity index is 1.63. The van der Waals surface area contributed by atoms with Gasteiger partial charge in [-0.3, -0.25) is 4.79 Å². The number of nitrogens with one attached hydrogen (secondary N) is 1. The lowest BCUT2D eigenvalue weighted by molar-refractivity contribution is 0.0951. The molecule has 3 aromatic rings. The molecule has 1 amide bonds. The lowest BCUT2D eigenvalue weighted by atomic mass is 10.1. The van der Waals surface area contributed by atoms with Crippen molar-refractivity contribution < 1.29 is 13.2 Å². The highest BCUT2D eigenvalue weighted by atomic mass is 32.2. The lowest BCUT2D eigenvalue weighted by Gasteiger charge is -2.12. The molecule has 0 aliphatic rings. The predicted molar refractivity (Wildman–Crippen MR) is 102 cm³/mol. The van der Waals surface area contributed by atoms with Gasteiger partial charge in [0.2, 0.25) is 10.0 Å². The average molecular weight is 400 g/mol. The standard InChI is InChI=1S/C18H20N6O3S/c1-13-20-21-22-24(13)16-8-6-15(7-9-16)18(25)19-12-14-4-10-17(11-5-14)28(26,27)23(2)3/h4-11H,12H2,1-3H3,(H,19,25). The second-order valence-corrected chi connectivity index (χ2v) is 8.45. The van der Waals surface area contributed by atoms with Gasteiger partial charge in [0, 0.05) is 26.2 Å². The molecule has 0 bridgehead atoms. The Kier molecular flexibility index (Phi) is 5.52. The van der Waals surface area contributed by atoms with E-state index in [9.17, 15) is 13.2 Å². The lowest BCUT2D eigenvalue weighted by Crippen LogP contribution is -2.23. The van der Waals surface area contributed by atoms with Crippen LogP contribution in [0.15, 0.2) is 53.4 Å². The molecule has 0 aliphatic heterocycles. The van der Waals surface area contributed by atoms with Crippen LogP contribution in [0, 0.1) is 6.92 Å². The molecule has 3 rings (SSSR count). The number of tetrazole rings is 1. The van der Waals surface area contributed by atoms with Crippen LogP contribution in [0.2, 0.25) is 0 Å². The van der Waals surface area contributed by atoms with E-state index in [4.69, 9.17) is 0 Å². The summed E-state index contributed by atoms with van der Waals surface area (Å²) in [5.74, 6) is 0.418. The minimum absolute atomic E-state index is 0.209. The van der Waals surface area contributed by atoms with Crippen LogP contribution in [0.25, 0.3) is 5.69 Å². The molecule has 1 N–H and O–H groups in total. The number of aromatic nitrogens is 4. The third-order valence-corrected chi connectivity index (χ3v) is 5.98. The van der Waals surface area contributed by atoms with Gasteiger partial charge in [0.1, 0.15) is 0 Å². The van der Waals surface area contributed by atoms with Crippen molar-refractivity contribution in [1.29, 1.82) is 0 Å². The highest BCUT2D eigenvalue weighted by Gasteiger charge is 2.16. The minimum atomic E-state index is -3.46. The number of sulfonamides is 1. The van der Waals surface area contributed by atoms with Crippen molar-refractivity contribution in [3.05, 3.63) is 65.5 Å². The van der Waals surface area contributed by atoms with E-state index >= 15 is 0 Å². The van der Waals surface area contributed by atoms with Crippen molar-refractivity contribution in [1.82, 2.24) is 29.8 Å². The number of rotatable bonds is 6. The number of benzene rings is 2. The molecule has 0 spiro atoms. The van der Waals surface area contributed by atoms with Crippen molar-refractivity contribution >= 4 is 15.9 Å². The van der Waals surface area contributed by atoms with Crippen molar-refractivity contribution in [2.75, 3.05) is 14.1 Å². The van der Waals surface area contributed by atoms with E-state index < -0.39 is 10.0 Å². The van der Waals surface area contributed by atoms with E-state index in [1.54, 1.807) is 48.0 Å². The largest absolute Gasteiger partial charge is 0.348 e. The van der Waals surface area contributed by atoms with Crippen LogP contribution in [0.5, 0.6) is 0 Å². The fourth-order valence-corrected chi connectivity index (χ4v) is 3.40. The second kappa shape index (κ2) is 7.87. The van der Waals surface area contributed by atoms with Gasteiger partial charge in [0.15, 0.2) is 5.82 Å². The van der Waals surface area contributed by atoms with Crippen molar-refractivity contribution in [3.8, 4) is 5.69 Å². The van der Waals surface area contributed by atoms with Crippen molar-refractivity contribution in [3.63, 3.8) is 0 Å². The van der Waals surface area contributed by atoms with Gasteiger partial charge >= 0.3 is 0 Å². The predicted octanol–water partition coefficient (Wildman–Crippen LogP) is 1.15. The third-order valence-electron chi connectivity index (χ3n) is 4.15. The van der Waals surface area contributed by atoms with Gasteiger partial charge in [0.25, 0.3) is 5.91 Å². The highest BCUT2D eigenvalue weighted by molar-refractivity contribution is 7.89. The second-order valence-electron chi connectivity index (χ2n) is 6.30. The van der Waals surface area contributed by atoms with Gasteiger partial charge in [-0.25, -0.2) is 12.7 Å². The molecule has 0 unspecified atom stereocenters. The smallest absolute Gasteiger partial charge is 0.251 e. The first-order valence-corrected chi connectivity index (χ1v) is 9.88. The van der Waals surface area contributed by atoms with Crippen molar-refractivity contribution in [2.45, 2.75) is 18.4 Å². The maximum Gasteiger partial charge on any atom is 0.251 e. The normalized spacial score (nSPS) is 11.6. The van der Waals surface area contributed by atoms with E-state index in [0.717, 1.165) is 15.6 Å². The molecule has 9 nitrogen and oxygen atoms in total.